The Balaban J connectivity index is 1.34. The Kier molecular flexibility index (Phi) is 6.84. The fraction of sp³-hybridized carbons (Fsp3) is 0.500. The summed E-state index contributed by atoms with van der Waals surface area (Å²) in [6, 6.07) is 7.58. The first-order valence-corrected chi connectivity index (χ1v) is 13.3. The molecule has 0 unspecified atom stereocenters. The molecule has 1 aliphatic carbocycles. The van der Waals surface area contributed by atoms with Gasteiger partial charge in [-0.05, 0) is 67.3 Å². The van der Waals surface area contributed by atoms with E-state index in [1.807, 2.05) is 29.7 Å². The summed E-state index contributed by atoms with van der Waals surface area (Å²) < 4.78 is 11.9. The maximum atomic E-state index is 13.5. The molecule has 2 amide bonds. The van der Waals surface area contributed by atoms with Crippen molar-refractivity contribution in [3.05, 3.63) is 62.8 Å². The highest BCUT2D eigenvalue weighted by atomic mass is 32.1. The molecule has 2 saturated heterocycles. The zero-order valence-corrected chi connectivity index (χ0v) is 21.3. The average molecular weight is 496 g/mol. The van der Waals surface area contributed by atoms with E-state index in [0.717, 1.165) is 23.5 Å². The minimum absolute atomic E-state index is 0.0117. The Morgan fingerprint density at radius 3 is 2.74 bits per heavy atom. The van der Waals surface area contributed by atoms with E-state index < -0.39 is 0 Å². The highest BCUT2D eigenvalue weighted by Crippen LogP contribution is 2.51. The zero-order chi connectivity index (χ0) is 24.7. The molecule has 0 bridgehead atoms. The van der Waals surface area contributed by atoms with Gasteiger partial charge < -0.3 is 14.3 Å². The molecule has 5 rings (SSSR count). The van der Waals surface area contributed by atoms with Crippen molar-refractivity contribution in [2.45, 2.75) is 59.3 Å². The van der Waals surface area contributed by atoms with Crippen LogP contribution in [0.2, 0.25) is 0 Å². The first-order chi connectivity index (χ1) is 16.9. The molecule has 7 heteroatoms. The minimum Gasteiger partial charge on any atom is -0.459 e. The number of amides is 2. The van der Waals surface area contributed by atoms with Crippen molar-refractivity contribution in [3.63, 3.8) is 0 Å². The third-order valence-corrected chi connectivity index (χ3v) is 8.52. The number of hydrogen-bond donors (Lipinski definition) is 1. The lowest BCUT2D eigenvalue weighted by Crippen LogP contribution is -2.35. The second-order valence-electron chi connectivity index (χ2n) is 10.2. The SMILES string of the molecule is C/C(=C\c1ccc(CO)o1)CC[C@H]1OC[C@H]2C1=C(C(C)C)C[C@H]1C(=O)N(Cc3cccs3)C(=O)[C@H]12. The molecule has 2 aromatic heterocycles. The molecule has 3 aliphatic rings. The van der Waals surface area contributed by atoms with Gasteiger partial charge in [0.25, 0.3) is 0 Å². The van der Waals surface area contributed by atoms with Gasteiger partial charge in [-0.2, -0.15) is 0 Å². The van der Waals surface area contributed by atoms with Gasteiger partial charge in [0.1, 0.15) is 18.1 Å². The van der Waals surface area contributed by atoms with Crippen molar-refractivity contribution in [1.82, 2.24) is 4.90 Å². The summed E-state index contributed by atoms with van der Waals surface area (Å²) >= 11 is 1.58. The number of allylic oxidation sites excluding steroid dienone is 2. The van der Waals surface area contributed by atoms with E-state index in [0.29, 0.717) is 31.3 Å². The van der Waals surface area contributed by atoms with Crippen molar-refractivity contribution < 1.29 is 23.8 Å². The van der Waals surface area contributed by atoms with Gasteiger partial charge in [-0.3, -0.25) is 14.5 Å². The van der Waals surface area contributed by atoms with Crippen LogP contribution in [0.15, 0.2) is 50.8 Å². The quantitative estimate of drug-likeness (QED) is 0.403. The number of carbonyl (C=O) groups excluding carboxylic acids is 2. The fourth-order valence-corrected chi connectivity index (χ4v) is 6.66. The monoisotopic (exact) mass is 495 g/mol. The molecular weight excluding hydrogens is 462 g/mol. The highest BCUT2D eigenvalue weighted by molar-refractivity contribution is 7.09. The van der Waals surface area contributed by atoms with Gasteiger partial charge in [-0.15, -0.1) is 11.3 Å². The Bertz CT molecular complexity index is 1160. The maximum absolute atomic E-state index is 13.5. The molecule has 0 radical (unpaired) electrons. The second kappa shape index (κ2) is 9.88. The van der Waals surface area contributed by atoms with E-state index in [1.54, 1.807) is 17.4 Å². The predicted octanol–water partition coefficient (Wildman–Crippen LogP) is 5.19. The van der Waals surface area contributed by atoms with E-state index in [4.69, 9.17) is 9.15 Å². The normalized spacial score (nSPS) is 26.8. The van der Waals surface area contributed by atoms with Crippen LogP contribution in [0.1, 0.15) is 56.4 Å². The number of imide groups is 1. The number of thiophene rings is 1. The number of nitrogens with zero attached hydrogens (tertiary/aromatic N) is 1. The van der Waals surface area contributed by atoms with E-state index in [2.05, 4.69) is 20.8 Å². The molecule has 2 aromatic rings. The van der Waals surface area contributed by atoms with Crippen molar-refractivity contribution in [3.8, 4) is 0 Å². The Labute approximate surface area is 210 Å². The van der Waals surface area contributed by atoms with Gasteiger partial charge in [0.05, 0.1) is 31.1 Å². The molecule has 1 N–H and O–H groups in total. The average Bonchev–Trinajstić information content (AvgIpc) is 3.62. The Morgan fingerprint density at radius 2 is 2.06 bits per heavy atom. The summed E-state index contributed by atoms with van der Waals surface area (Å²) in [6.07, 6.45) is 4.30. The number of aliphatic hydroxyl groups is 1. The van der Waals surface area contributed by atoms with Crippen molar-refractivity contribution in [1.29, 1.82) is 0 Å². The van der Waals surface area contributed by atoms with Gasteiger partial charge in [-0.1, -0.05) is 31.1 Å². The van der Waals surface area contributed by atoms with Crippen molar-refractivity contribution >= 4 is 29.2 Å². The molecular formula is C28H33NO5S. The number of hydrogen-bond acceptors (Lipinski definition) is 6. The van der Waals surface area contributed by atoms with Gasteiger partial charge in [0, 0.05) is 10.8 Å². The molecule has 6 nitrogen and oxygen atoms in total. The van der Waals surface area contributed by atoms with E-state index in [9.17, 15) is 14.7 Å². The molecule has 0 aromatic carbocycles. The van der Waals surface area contributed by atoms with Crippen LogP contribution in [0.5, 0.6) is 0 Å². The summed E-state index contributed by atoms with van der Waals surface area (Å²) in [6.45, 7) is 7.21. The Morgan fingerprint density at radius 1 is 1.23 bits per heavy atom. The largest absolute Gasteiger partial charge is 0.459 e. The number of fused-ring (bicyclic) bond motifs is 3. The predicted molar refractivity (Wildman–Crippen MR) is 134 cm³/mol. The Hall–Kier alpha value is -2.48. The van der Waals surface area contributed by atoms with Gasteiger partial charge >= 0.3 is 0 Å². The van der Waals surface area contributed by atoms with Crippen LogP contribution < -0.4 is 0 Å². The van der Waals surface area contributed by atoms with Crippen LogP contribution in [-0.2, 0) is 27.5 Å². The smallest absolute Gasteiger partial charge is 0.234 e. The highest BCUT2D eigenvalue weighted by Gasteiger charge is 2.57. The standard InChI is InChI=1S/C28H33NO5S/c1-16(2)21-12-22-26(28(32)29(27(22)31)13-20-5-4-10-35-20)23-15-33-24(25(21)23)9-6-17(3)11-18-7-8-19(14-30)34-18/h4-5,7-8,10-11,16,22-24,26,30H,6,9,12-15H2,1-3H3/b17-11+/t22-,23+,24-,26-/m1/s1. The summed E-state index contributed by atoms with van der Waals surface area (Å²) in [4.78, 5) is 29.4. The van der Waals surface area contributed by atoms with Crippen molar-refractivity contribution in [2.75, 3.05) is 6.61 Å². The number of aliphatic hydroxyl groups excluding tert-OH is 1. The first kappa shape index (κ1) is 24.2. The summed E-state index contributed by atoms with van der Waals surface area (Å²) in [5.74, 6) is 0.966. The molecule has 2 aliphatic heterocycles. The molecule has 4 heterocycles. The van der Waals surface area contributed by atoms with Gasteiger partial charge in [0.2, 0.25) is 11.8 Å². The van der Waals surface area contributed by atoms with Crippen LogP contribution >= 0.6 is 11.3 Å². The first-order valence-electron chi connectivity index (χ1n) is 12.5. The second-order valence-corrected chi connectivity index (χ2v) is 11.3. The minimum atomic E-state index is -0.304. The molecule has 2 fully saturated rings. The molecule has 0 saturated carbocycles. The summed E-state index contributed by atoms with van der Waals surface area (Å²) in [5, 5.41) is 11.2. The van der Waals surface area contributed by atoms with Crippen LogP contribution in [0.25, 0.3) is 6.08 Å². The topological polar surface area (TPSA) is 80.0 Å². The number of carbonyl (C=O) groups is 2. The molecule has 0 spiro atoms. The van der Waals surface area contributed by atoms with E-state index in [-0.39, 0.29) is 42.3 Å². The van der Waals surface area contributed by atoms with Crippen LogP contribution in [0.4, 0.5) is 0 Å². The molecule has 4 atom stereocenters. The lowest BCUT2D eigenvalue weighted by Gasteiger charge is -2.33. The van der Waals surface area contributed by atoms with E-state index >= 15 is 0 Å². The fourth-order valence-electron chi connectivity index (χ4n) is 5.97. The summed E-state index contributed by atoms with van der Waals surface area (Å²) in [5.41, 5.74) is 3.75. The number of ether oxygens (including phenoxy) is 1. The third-order valence-electron chi connectivity index (χ3n) is 7.65. The lowest BCUT2D eigenvalue weighted by molar-refractivity contribution is -0.140. The van der Waals surface area contributed by atoms with Gasteiger partial charge in [0.15, 0.2) is 0 Å². The van der Waals surface area contributed by atoms with Crippen LogP contribution in [0, 0.1) is 23.7 Å². The molecule has 186 valence electrons. The zero-order valence-electron chi connectivity index (χ0n) is 20.5. The molecule has 35 heavy (non-hydrogen) atoms. The maximum Gasteiger partial charge on any atom is 0.234 e. The van der Waals surface area contributed by atoms with Gasteiger partial charge in [-0.25, -0.2) is 0 Å². The summed E-state index contributed by atoms with van der Waals surface area (Å²) in [7, 11) is 0. The number of rotatable bonds is 8. The number of likely N-dealkylation sites (tertiary alicyclic amines) is 1. The third kappa shape index (κ3) is 4.57. The van der Waals surface area contributed by atoms with E-state index in [1.165, 1.54) is 21.6 Å². The van der Waals surface area contributed by atoms with Crippen LogP contribution in [0.3, 0.4) is 0 Å². The van der Waals surface area contributed by atoms with Crippen LogP contribution in [-0.4, -0.2) is 34.5 Å². The van der Waals surface area contributed by atoms with Crippen molar-refractivity contribution in [2.24, 2.45) is 23.7 Å². The number of furan rings is 1. The lowest BCUT2D eigenvalue weighted by atomic mass is 9.67.